The molecule has 6 nitrogen and oxygen atoms in total. The largest absolute Gasteiger partial charge is 0.466 e. The molecule has 0 atom stereocenters. The van der Waals surface area contributed by atoms with Gasteiger partial charge in [0.15, 0.2) is 0 Å². The molecule has 1 aromatic rings. The molecule has 0 aromatic carbocycles. The highest BCUT2D eigenvalue weighted by Gasteiger charge is 2.25. The summed E-state index contributed by atoms with van der Waals surface area (Å²) in [6.07, 6.45) is 3.39. The third kappa shape index (κ3) is 2.65. The van der Waals surface area contributed by atoms with Crippen LogP contribution < -0.4 is 5.43 Å². The van der Waals surface area contributed by atoms with Gasteiger partial charge in [-0.25, -0.2) is 5.43 Å². The maximum Gasteiger partial charge on any atom is 0.311 e. The first-order chi connectivity index (χ1) is 8.70. The van der Waals surface area contributed by atoms with Crippen molar-refractivity contribution in [2.45, 2.75) is 13.3 Å². The summed E-state index contributed by atoms with van der Waals surface area (Å²) in [6, 6.07) is 3.64. The highest BCUT2D eigenvalue weighted by molar-refractivity contribution is 6.30. The van der Waals surface area contributed by atoms with Gasteiger partial charge in [0, 0.05) is 11.9 Å². The Morgan fingerprint density at radius 1 is 1.56 bits per heavy atom. The van der Waals surface area contributed by atoms with E-state index in [0.29, 0.717) is 17.9 Å². The summed E-state index contributed by atoms with van der Waals surface area (Å²) < 4.78 is 4.83. The molecule has 0 saturated heterocycles. The molecule has 0 spiro atoms. The lowest BCUT2D eigenvalue weighted by Gasteiger charge is -2.01. The summed E-state index contributed by atoms with van der Waals surface area (Å²) in [5.41, 5.74) is 3.89. The second-order valence-electron chi connectivity index (χ2n) is 3.66. The fraction of sp³-hybridized carbons (Fsp3) is 0.250. The molecule has 0 saturated carbocycles. The molecule has 18 heavy (non-hydrogen) atoms. The zero-order valence-electron chi connectivity index (χ0n) is 9.90. The molecule has 2 heterocycles. The fourth-order valence-corrected chi connectivity index (χ4v) is 1.59. The van der Waals surface area contributed by atoms with Gasteiger partial charge in [-0.1, -0.05) is 0 Å². The summed E-state index contributed by atoms with van der Waals surface area (Å²) in [4.78, 5) is 25.9. The quantitative estimate of drug-likeness (QED) is 0.610. The summed E-state index contributed by atoms with van der Waals surface area (Å²) in [5, 5.41) is 3.84. The van der Waals surface area contributed by atoms with Crippen LogP contribution in [0.4, 0.5) is 0 Å². The average molecular weight is 247 g/mol. The van der Waals surface area contributed by atoms with E-state index in [1.165, 1.54) is 0 Å². The molecule has 1 aliphatic heterocycles. The number of ether oxygens (including phenoxy) is 1. The number of carbonyl (C=O) groups excluding carboxylic acids is 2. The lowest BCUT2D eigenvalue weighted by molar-refractivity contribution is -0.141. The van der Waals surface area contributed by atoms with E-state index >= 15 is 0 Å². The van der Waals surface area contributed by atoms with Gasteiger partial charge in [0.1, 0.15) is 0 Å². The molecule has 0 aliphatic carbocycles. The van der Waals surface area contributed by atoms with Crippen molar-refractivity contribution >= 4 is 23.7 Å². The second-order valence-corrected chi connectivity index (χ2v) is 3.66. The monoisotopic (exact) mass is 247 g/mol. The van der Waals surface area contributed by atoms with Gasteiger partial charge < -0.3 is 9.72 Å². The minimum atomic E-state index is -0.398. The van der Waals surface area contributed by atoms with Gasteiger partial charge in [-0.2, -0.15) is 5.10 Å². The van der Waals surface area contributed by atoms with Gasteiger partial charge in [-0.15, -0.1) is 0 Å². The van der Waals surface area contributed by atoms with Crippen molar-refractivity contribution in [2.75, 3.05) is 6.61 Å². The molecule has 0 fully saturated rings. The van der Waals surface area contributed by atoms with Crippen LogP contribution in [0.15, 0.2) is 29.0 Å². The number of hydrogen-bond acceptors (Lipinski definition) is 4. The SMILES string of the molecule is CCOC(=O)CC1=NNC(=O)/C1=C/c1ccc[nH]1. The number of rotatable bonds is 4. The highest BCUT2D eigenvalue weighted by Crippen LogP contribution is 2.13. The van der Waals surface area contributed by atoms with Crippen molar-refractivity contribution < 1.29 is 14.3 Å². The Bertz CT molecular complexity index is 515. The molecule has 0 radical (unpaired) electrons. The topological polar surface area (TPSA) is 83.5 Å². The standard InChI is InChI=1S/C12H13N3O3/c1-2-18-11(16)7-10-9(12(17)15-14-10)6-8-4-3-5-13-8/h3-6,13H,2,7H2,1H3,(H,15,17)/b9-6+. The molecule has 94 valence electrons. The molecule has 0 bridgehead atoms. The van der Waals surface area contributed by atoms with Crippen molar-refractivity contribution in [1.29, 1.82) is 0 Å². The van der Waals surface area contributed by atoms with Crippen molar-refractivity contribution in [3.63, 3.8) is 0 Å². The number of esters is 1. The third-order valence-electron chi connectivity index (χ3n) is 2.39. The van der Waals surface area contributed by atoms with Crippen LogP contribution in [0, 0.1) is 0 Å². The normalized spacial score (nSPS) is 16.6. The lowest BCUT2D eigenvalue weighted by Crippen LogP contribution is -2.15. The van der Waals surface area contributed by atoms with Crippen LogP contribution in [0.1, 0.15) is 19.0 Å². The average Bonchev–Trinajstić information content (AvgIpc) is 2.94. The van der Waals surface area contributed by atoms with E-state index in [0.717, 1.165) is 5.69 Å². The summed E-state index contributed by atoms with van der Waals surface area (Å²) >= 11 is 0. The zero-order valence-corrected chi connectivity index (χ0v) is 9.90. The van der Waals surface area contributed by atoms with Crippen LogP contribution in [0.2, 0.25) is 0 Å². The van der Waals surface area contributed by atoms with Crippen molar-refractivity contribution in [2.24, 2.45) is 5.10 Å². The lowest BCUT2D eigenvalue weighted by atomic mass is 10.1. The number of hydrogen-bond donors (Lipinski definition) is 2. The van der Waals surface area contributed by atoms with Crippen LogP contribution in [-0.4, -0.2) is 29.2 Å². The number of aromatic nitrogens is 1. The minimum absolute atomic E-state index is 0.0148. The van der Waals surface area contributed by atoms with E-state index in [2.05, 4.69) is 15.5 Å². The van der Waals surface area contributed by atoms with Crippen LogP contribution in [0.25, 0.3) is 6.08 Å². The molecule has 1 aliphatic rings. The Labute approximate surface area is 104 Å². The molecular weight excluding hydrogens is 234 g/mol. The van der Waals surface area contributed by atoms with E-state index < -0.39 is 5.97 Å². The smallest absolute Gasteiger partial charge is 0.311 e. The number of amides is 1. The second kappa shape index (κ2) is 5.31. The first-order valence-corrected chi connectivity index (χ1v) is 5.58. The Kier molecular flexibility index (Phi) is 3.57. The van der Waals surface area contributed by atoms with E-state index in [9.17, 15) is 9.59 Å². The molecular formula is C12H13N3O3. The maximum atomic E-state index is 11.6. The molecule has 1 aromatic heterocycles. The Morgan fingerprint density at radius 2 is 2.39 bits per heavy atom. The number of hydrazone groups is 1. The highest BCUT2D eigenvalue weighted by atomic mass is 16.5. The van der Waals surface area contributed by atoms with E-state index in [4.69, 9.17) is 4.74 Å². The molecule has 1 amide bonds. The summed E-state index contributed by atoms with van der Waals surface area (Å²) in [5.74, 6) is -0.714. The zero-order chi connectivity index (χ0) is 13.0. The third-order valence-corrected chi connectivity index (χ3v) is 2.39. The Morgan fingerprint density at radius 3 is 3.06 bits per heavy atom. The molecule has 0 unspecified atom stereocenters. The van der Waals surface area contributed by atoms with Gasteiger partial charge in [-0.3, -0.25) is 9.59 Å². The van der Waals surface area contributed by atoms with Crippen molar-refractivity contribution in [1.82, 2.24) is 10.4 Å². The van der Waals surface area contributed by atoms with Crippen LogP contribution in [0.5, 0.6) is 0 Å². The van der Waals surface area contributed by atoms with E-state index in [1.54, 1.807) is 19.2 Å². The van der Waals surface area contributed by atoms with E-state index in [-0.39, 0.29) is 12.3 Å². The van der Waals surface area contributed by atoms with Crippen molar-refractivity contribution in [3.05, 3.63) is 29.6 Å². The first kappa shape index (κ1) is 12.1. The van der Waals surface area contributed by atoms with Crippen molar-refractivity contribution in [3.8, 4) is 0 Å². The summed E-state index contributed by atoms with van der Waals surface area (Å²) in [6.45, 7) is 2.04. The number of aromatic amines is 1. The number of nitrogens with one attached hydrogen (secondary N) is 2. The van der Waals surface area contributed by atoms with E-state index in [1.807, 2.05) is 12.1 Å². The van der Waals surface area contributed by atoms with Crippen LogP contribution >= 0.6 is 0 Å². The molecule has 2 rings (SSSR count). The first-order valence-electron chi connectivity index (χ1n) is 5.58. The van der Waals surface area contributed by atoms with Gasteiger partial charge >= 0.3 is 5.97 Å². The maximum absolute atomic E-state index is 11.6. The number of H-pyrrole nitrogens is 1. The molecule has 2 N–H and O–H groups in total. The van der Waals surface area contributed by atoms with Gasteiger partial charge in [0.25, 0.3) is 5.91 Å². The predicted octanol–water partition coefficient (Wildman–Crippen LogP) is 0.837. The summed E-state index contributed by atoms with van der Waals surface area (Å²) in [7, 11) is 0. The van der Waals surface area contributed by atoms with Gasteiger partial charge in [-0.05, 0) is 25.1 Å². The van der Waals surface area contributed by atoms with Gasteiger partial charge in [0.2, 0.25) is 0 Å². The minimum Gasteiger partial charge on any atom is -0.466 e. The predicted molar refractivity (Wildman–Crippen MR) is 65.6 cm³/mol. The Hall–Kier alpha value is -2.37. The van der Waals surface area contributed by atoms with Crippen LogP contribution in [-0.2, 0) is 14.3 Å². The van der Waals surface area contributed by atoms with Crippen LogP contribution in [0.3, 0.4) is 0 Å². The molecule has 6 heteroatoms. The number of carbonyl (C=O) groups is 2. The van der Waals surface area contributed by atoms with Gasteiger partial charge in [0.05, 0.1) is 24.3 Å². The number of nitrogens with zero attached hydrogens (tertiary/aromatic N) is 1. The fourth-order valence-electron chi connectivity index (χ4n) is 1.59. The Balaban J connectivity index is 2.15.